The maximum Gasteiger partial charge on any atom is 0.311 e. The van der Waals surface area contributed by atoms with Gasteiger partial charge in [0.1, 0.15) is 5.92 Å². The molecule has 2 fully saturated rings. The molecule has 2 aliphatic rings. The molecule has 0 aromatic carbocycles. The molecule has 114 valence electrons. The van der Waals surface area contributed by atoms with Gasteiger partial charge in [0, 0.05) is 7.05 Å². The molecule has 6 heteroatoms. The average molecular weight is 284 g/mol. The van der Waals surface area contributed by atoms with Crippen LogP contribution in [0, 0.1) is 11.3 Å². The molecular formula is C14H24N2O4. The fourth-order valence-electron chi connectivity index (χ4n) is 3.31. The maximum atomic E-state index is 12.9. The molecule has 2 N–H and O–H groups in total. The van der Waals surface area contributed by atoms with Crippen LogP contribution in [0.5, 0.6) is 0 Å². The zero-order valence-electron chi connectivity index (χ0n) is 12.2. The second-order valence-electron chi connectivity index (χ2n) is 5.85. The van der Waals surface area contributed by atoms with E-state index in [0.717, 1.165) is 32.4 Å². The quantitative estimate of drug-likeness (QED) is 0.777. The number of nitrogens with one attached hydrogen (secondary N) is 1. The number of likely N-dealkylation sites (N-methyl/N-ethyl adjacent to an activating group) is 1. The fraction of sp³-hybridized carbons (Fsp3) is 0.857. The highest BCUT2D eigenvalue weighted by molar-refractivity contribution is 5.84. The lowest BCUT2D eigenvalue weighted by Gasteiger charge is -2.40. The number of piperidine rings is 1. The fourth-order valence-corrected chi connectivity index (χ4v) is 3.31. The maximum absolute atomic E-state index is 12.9. The van der Waals surface area contributed by atoms with E-state index in [1.165, 1.54) is 0 Å². The van der Waals surface area contributed by atoms with Crippen LogP contribution < -0.4 is 5.32 Å². The molecule has 1 amide bonds. The van der Waals surface area contributed by atoms with Crippen LogP contribution in [0.25, 0.3) is 0 Å². The summed E-state index contributed by atoms with van der Waals surface area (Å²) in [6.45, 7) is 4.24. The molecular weight excluding hydrogens is 260 g/mol. The van der Waals surface area contributed by atoms with Gasteiger partial charge in [-0.3, -0.25) is 9.59 Å². The molecule has 20 heavy (non-hydrogen) atoms. The third-order valence-electron chi connectivity index (χ3n) is 4.88. The van der Waals surface area contributed by atoms with Crippen LogP contribution in [0.15, 0.2) is 0 Å². The van der Waals surface area contributed by atoms with E-state index in [1.54, 1.807) is 11.9 Å². The first-order chi connectivity index (χ1) is 9.52. The van der Waals surface area contributed by atoms with Crippen LogP contribution in [-0.2, 0) is 14.3 Å². The molecule has 0 aromatic heterocycles. The van der Waals surface area contributed by atoms with E-state index in [4.69, 9.17) is 4.74 Å². The monoisotopic (exact) mass is 284 g/mol. The van der Waals surface area contributed by atoms with E-state index in [9.17, 15) is 14.7 Å². The van der Waals surface area contributed by atoms with E-state index in [0.29, 0.717) is 6.61 Å². The van der Waals surface area contributed by atoms with Crippen molar-refractivity contribution in [2.24, 2.45) is 11.3 Å². The molecule has 2 saturated heterocycles. The number of carbonyl (C=O) groups excluding carboxylic acids is 1. The Morgan fingerprint density at radius 1 is 1.35 bits per heavy atom. The number of carbonyl (C=O) groups is 2. The molecule has 2 unspecified atom stereocenters. The van der Waals surface area contributed by atoms with Crippen molar-refractivity contribution in [1.82, 2.24) is 10.2 Å². The first-order valence-corrected chi connectivity index (χ1v) is 7.30. The van der Waals surface area contributed by atoms with Crippen LogP contribution in [0.2, 0.25) is 0 Å². The highest BCUT2D eigenvalue weighted by Gasteiger charge is 2.45. The number of hydrogen-bond donors (Lipinski definition) is 2. The highest BCUT2D eigenvalue weighted by atomic mass is 16.5. The van der Waals surface area contributed by atoms with Gasteiger partial charge in [0.2, 0.25) is 5.91 Å². The van der Waals surface area contributed by atoms with Crippen LogP contribution in [-0.4, -0.2) is 61.3 Å². The molecule has 0 aromatic rings. The van der Waals surface area contributed by atoms with E-state index >= 15 is 0 Å². The van der Waals surface area contributed by atoms with Gasteiger partial charge >= 0.3 is 5.97 Å². The third-order valence-corrected chi connectivity index (χ3v) is 4.88. The Labute approximate surface area is 119 Å². The third kappa shape index (κ3) is 2.67. The van der Waals surface area contributed by atoms with Gasteiger partial charge in [-0.2, -0.15) is 0 Å². The lowest BCUT2D eigenvalue weighted by Crippen LogP contribution is -2.53. The molecule has 0 aliphatic carbocycles. The zero-order chi connectivity index (χ0) is 14.8. The minimum Gasteiger partial charge on any atom is -0.481 e. The molecule has 0 saturated carbocycles. The van der Waals surface area contributed by atoms with Gasteiger partial charge in [-0.25, -0.2) is 0 Å². The van der Waals surface area contributed by atoms with Crippen LogP contribution in [0.4, 0.5) is 0 Å². The summed E-state index contributed by atoms with van der Waals surface area (Å²) < 4.78 is 5.27. The zero-order valence-corrected chi connectivity index (χ0v) is 12.2. The lowest BCUT2D eigenvalue weighted by atomic mass is 9.75. The number of carboxylic acid groups (broad SMARTS) is 1. The van der Waals surface area contributed by atoms with E-state index in [1.807, 2.05) is 6.92 Å². The van der Waals surface area contributed by atoms with E-state index in [-0.39, 0.29) is 24.0 Å². The summed E-state index contributed by atoms with van der Waals surface area (Å²) in [7, 11) is 1.72. The van der Waals surface area contributed by atoms with Gasteiger partial charge < -0.3 is 20.1 Å². The van der Waals surface area contributed by atoms with Gasteiger partial charge in [-0.15, -0.1) is 0 Å². The minimum atomic E-state index is -0.886. The molecule has 2 heterocycles. The highest BCUT2D eigenvalue weighted by Crippen LogP contribution is 2.36. The molecule has 0 radical (unpaired) electrons. The SMILES string of the molecule is CCC1(C(=O)N(C)C2COCC2C(=O)O)CCNCC1. The van der Waals surface area contributed by atoms with Gasteiger partial charge in [0.25, 0.3) is 0 Å². The number of amides is 1. The number of aliphatic carboxylic acids is 1. The number of carboxylic acids is 1. The lowest BCUT2D eigenvalue weighted by molar-refractivity contribution is -0.149. The van der Waals surface area contributed by atoms with Gasteiger partial charge in [0.15, 0.2) is 0 Å². The van der Waals surface area contributed by atoms with E-state index in [2.05, 4.69) is 5.32 Å². The Bertz CT molecular complexity index is 379. The van der Waals surface area contributed by atoms with Crippen molar-refractivity contribution in [3.63, 3.8) is 0 Å². The van der Waals surface area contributed by atoms with Crippen LogP contribution in [0.3, 0.4) is 0 Å². The molecule has 2 atom stereocenters. The van der Waals surface area contributed by atoms with Crippen LogP contribution >= 0.6 is 0 Å². The predicted molar refractivity (Wildman–Crippen MR) is 73.3 cm³/mol. The van der Waals surface area contributed by atoms with Crippen molar-refractivity contribution in [2.45, 2.75) is 32.2 Å². The van der Waals surface area contributed by atoms with Gasteiger partial charge in [-0.1, -0.05) is 6.92 Å². The Morgan fingerprint density at radius 2 is 2.00 bits per heavy atom. The Kier molecular flexibility index (Phi) is 4.65. The summed E-state index contributed by atoms with van der Waals surface area (Å²) in [6.07, 6.45) is 2.43. The number of ether oxygens (including phenoxy) is 1. The summed E-state index contributed by atoms with van der Waals surface area (Å²) in [5, 5.41) is 12.5. The summed E-state index contributed by atoms with van der Waals surface area (Å²) in [5.41, 5.74) is -0.342. The number of hydrogen-bond acceptors (Lipinski definition) is 4. The average Bonchev–Trinajstić information content (AvgIpc) is 2.96. The van der Waals surface area contributed by atoms with Gasteiger partial charge in [0.05, 0.1) is 24.7 Å². The van der Waals surface area contributed by atoms with Crippen molar-refractivity contribution in [3.05, 3.63) is 0 Å². The van der Waals surface area contributed by atoms with Crippen molar-refractivity contribution in [2.75, 3.05) is 33.4 Å². The first-order valence-electron chi connectivity index (χ1n) is 7.30. The van der Waals surface area contributed by atoms with Gasteiger partial charge in [-0.05, 0) is 32.4 Å². The van der Waals surface area contributed by atoms with E-state index < -0.39 is 11.9 Å². The standard InChI is InChI=1S/C14H24N2O4/c1-3-14(4-6-15-7-5-14)13(19)16(2)11-9-20-8-10(11)12(17)18/h10-11,15H,3-9H2,1-2H3,(H,17,18). The van der Waals surface area contributed by atoms with Crippen molar-refractivity contribution >= 4 is 11.9 Å². The predicted octanol–water partition coefficient (Wildman–Crippen LogP) is 0.324. The van der Waals surface area contributed by atoms with Crippen molar-refractivity contribution in [3.8, 4) is 0 Å². The summed E-state index contributed by atoms with van der Waals surface area (Å²) in [6, 6.07) is -0.349. The normalized spacial score (nSPS) is 29.1. The molecule has 2 rings (SSSR count). The topological polar surface area (TPSA) is 78.9 Å². The largest absolute Gasteiger partial charge is 0.481 e. The number of rotatable bonds is 4. The Morgan fingerprint density at radius 3 is 2.55 bits per heavy atom. The Balaban J connectivity index is 2.12. The molecule has 0 bridgehead atoms. The second kappa shape index (κ2) is 6.10. The molecule has 0 spiro atoms. The van der Waals surface area contributed by atoms with Crippen LogP contribution in [0.1, 0.15) is 26.2 Å². The number of nitrogens with zero attached hydrogens (tertiary/aromatic N) is 1. The summed E-state index contributed by atoms with van der Waals surface area (Å²) in [5.74, 6) is -1.43. The first kappa shape index (κ1) is 15.3. The molecule has 2 aliphatic heterocycles. The summed E-state index contributed by atoms with van der Waals surface area (Å²) >= 11 is 0. The Hall–Kier alpha value is -1.14. The van der Waals surface area contributed by atoms with Crippen molar-refractivity contribution in [1.29, 1.82) is 0 Å². The minimum absolute atomic E-state index is 0.0725. The molecule has 6 nitrogen and oxygen atoms in total. The summed E-state index contributed by atoms with van der Waals surface area (Å²) in [4.78, 5) is 25.7. The smallest absolute Gasteiger partial charge is 0.311 e. The second-order valence-corrected chi connectivity index (χ2v) is 5.85. The van der Waals surface area contributed by atoms with Crippen molar-refractivity contribution < 1.29 is 19.4 Å².